The zero-order valence-corrected chi connectivity index (χ0v) is 10.1. The Kier molecular flexibility index (Phi) is 4.16. The minimum atomic E-state index is 0.296. The van der Waals surface area contributed by atoms with E-state index in [0.717, 1.165) is 5.56 Å². The summed E-state index contributed by atoms with van der Waals surface area (Å²) in [6.07, 6.45) is 0.638. The van der Waals surface area contributed by atoms with Crippen molar-refractivity contribution < 1.29 is 9.53 Å². The van der Waals surface area contributed by atoms with Gasteiger partial charge < -0.3 is 4.74 Å². The summed E-state index contributed by atoms with van der Waals surface area (Å²) in [6, 6.07) is 14.5. The van der Waals surface area contributed by atoms with Gasteiger partial charge in [-0.3, -0.25) is 4.79 Å². The van der Waals surface area contributed by atoms with Crippen molar-refractivity contribution in [1.82, 2.24) is 0 Å². The minimum absolute atomic E-state index is 0.296. The molecular weight excluding hydrogens is 242 g/mol. The van der Waals surface area contributed by atoms with Gasteiger partial charge in [0.2, 0.25) is 0 Å². The average molecular weight is 253 g/mol. The topological polar surface area (TPSA) is 75.1 Å². The summed E-state index contributed by atoms with van der Waals surface area (Å²) in [5, 5.41) is 3.43. The highest BCUT2D eigenvalue weighted by atomic mass is 16.5. The Bertz CT molecular complexity index is 620. The molecule has 2 aromatic carbocycles. The van der Waals surface area contributed by atoms with E-state index in [1.807, 2.05) is 30.3 Å². The molecule has 0 heterocycles. The molecule has 94 valence electrons. The zero-order valence-electron chi connectivity index (χ0n) is 10.1. The number of azide groups is 1. The highest BCUT2D eigenvalue weighted by Gasteiger charge is 2.02. The Morgan fingerprint density at radius 3 is 2.68 bits per heavy atom. The number of aldehydes is 1. The van der Waals surface area contributed by atoms with E-state index in [1.54, 1.807) is 18.2 Å². The fourth-order valence-corrected chi connectivity index (χ4v) is 1.60. The number of hydrogen-bond acceptors (Lipinski definition) is 3. The third-order valence-electron chi connectivity index (χ3n) is 2.53. The van der Waals surface area contributed by atoms with Crippen LogP contribution in [0.25, 0.3) is 10.4 Å². The van der Waals surface area contributed by atoms with Gasteiger partial charge in [-0.1, -0.05) is 35.4 Å². The van der Waals surface area contributed by atoms with Crippen molar-refractivity contribution in [3.63, 3.8) is 0 Å². The Labute approximate surface area is 110 Å². The van der Waals surface area contributed by atoms with E-state index in [9.17, 15) is 4.79 Å². The predicted molar refractivity (Wildman–Crippen MR) is 71.4 cm³/mol. The summed E-state index contributed by atoms with van der Waals surface area (Å²) in [4.78, 5) is 13.6. The molecule has 0 aliphatic heterocycles. The molecule has 19 heavy (non-hydrogen) atoms. The molecule has 0 saturated carbocycles. The first kappa shape index (κ1) is 12.7. The summed E-state index contributed by atoms with van der Waals surface area (Å²) in [5.41, 5.74) is 10.0. The summed E-state index contributed by atoms with van der Waals surface area (Å²) >= 11 is 0. The van der Waals surface area contributed by atoms with Crippen molar-refractivity contribution in [3.8, 4) is 5.75 Å². The molecule has 0 aliphatic rings. The molecule has 0 atom stereocenters. The summed E-state index contributed by atoms with van der Waals surface area (Å²) in [5.74, 6) is 0.558. The van der Waals surface area contributed by atoms with Crippen LogP contribution < -0.4 is 4.74 Å². The molecule has 0 bridgehead atoms. The average Bonchev–Trinajstić information content (AvgIpc) is 2.47. The smallest absolute Gasteiger partial charge is 0.150 e. The van der Waals surface area contributed by atoms with Crippen LogP contribution >= 0.6 is 0 Å². The van der Waals surface area contributed by atoms with Crippen LogP contribution in [0.1, 0.15) is 15.9 Å². The predicted octanol–water partition coefficient (Wildman–Crippen LogP) is 4.02. The first-order valence-corrected chi connectivity index (χ1v) is 5.64. The summed E-state index contributed by atoms with van der Waals surface area (Å²) in [6.45, 7) is 0.417. The molecule has 2 rings (SSSR count). The Morgan fingerprint density at radius 2 is 2.00 bits per heavy atom. The molecule has 0 N–H and O–H groups in total. The third-order valence-corrected chi connectivity index (χ3v) is 2.53. The molecule has 5 nitrogen and oxygen atoms in total. The number of nitrogens with zero attached hydrogens (tertiary/aromatic N) is 3. The second-order valence-electron chi connectivity index (χ2n) is 3.80. The van der Waals surface area contributed by atoms with Crippen LogP contribution in [-0.2, 0) is 6.61 Å². The van der Waals surface area contributed by atoms with E-state index >= 15 is 0 Å². The standard InChI is InChI=1S/C14H11N3O2/c15-17-16-14-7-6-13(8-12(14)9-18)19-10-11-4-2-1-3-5-11/h1-9H,10H2. The van der Waals surface area contributed by atoms with Gasteiger partial charge in [0.1, 0.15) is 12.4 Å². The second-order valence-corrected chi connectivity index (χ2v) is 3.80. The molecule has 5 heteroatoms. The SMILES string of the molecule is [N-]=[N+]=Nc1ccc(OCc2ccccc2)cc1C=O. The van der Waals surface area contributed by atoms with Crippen LogP contribution in [0.15, 0.2) is 53.6 Å². The van der Waals surface area contributed by atoms with Crippen molar-refractivity contribution in [2.75, 3.05) is 0 Å². The van der Waals surface area contributed by atoms with E-state index < -0.39 is 0 Å². The van der Waals surface area contributed by atoms with Gasteiger partial charge in [-0.05, 0) is 29.3 Å². The largest absolute Gasteiger partial charge is 0.489 e. The Balaban J connectivity index is 2.13. The van der Waals surface area contributed by atoms with Crippen LogP contribution in [0.3, 0.4) is 0 Å². The maximum absolute atomic E-state index is 10.9. The number of ether oxygens (including phenoxy) is 1. The first-order chi connectivity index (χ1) is 9.33. The van der Waals surface area contributed by atoms with E-state index in [1.165, 1.54) is 0 Å². The summed E-state index contributed by atoms with van der Waals surface area (Å²) < 4.78 is 5.57. The Hall–Kier alpha value is -2.78. The van der Waals surface area contributed by atoms with Crippen molar-refractivity contribution >= 4 is 12.0 Å². The van der Waals surface area contributed by atoms with E-state index in [-0.39, 0.29) is 0 Å². The number of rotatable bonds is 5. The van der Waals surface area contributed by atoms with Crippen molar-refractivity contribution in [2.45, 2.75) is 6.61 Å². The molecule has 0 saturated heterocycles. The van der Waals surface area contributed by atoms with Crippen molar-refractivity contribution in [3.05, 3.63) is 70.1 Å². The van der Waals surface area contributed by atoms with Crippen LogP contribution in [0, 0.1) is 0 Å². The minimum Gasteiger partial charge on any atom is -0.489 e. The summed E-state index contributed by atoms with van der Waals surface area (Å²) in [7, 11) is 0. The highest BCUT2D eigenvalue weighted by molar-refractivity contribution is 5.83. The third kappa shape index (κ3) is 3.34. The maximum Gasteiger partial charge on any atom is 0.150 e. The van der Waals surface area contributed by atoms with Gasteiger partial charge in [-0.25, -0.2) is 0 Å². The lowest BCUT2D eigenvalue weighted by Gasteiger charge is -2.07. The highest BCUT2D eigenvalue weighted by Crippen LogP contribution is 2.24. The monoisotopic (exact) mass is 253 g/mol. The van der Waals surface area contributed by atoms with E-state index in [4.69, 9.17) is 10.3 Å². The lowest BCUT2D eigenvalue weighted by molar-refractivity contribution is 0.112. The molecule has 0 amide bonds. The van der Waals surface area contributed by atoms with Gasteiger partial charge in [0, 0.05) is 16.2 Å². The van der Waals surface area contributed by atoms with Crippen LogP contribution in [0.5, 0.6) is 5.75 Å². The van der Waals surface area contributed by atoms with Gasteiger partial charge in [0.15, 0.2) is 6.29 Å². The fourth-order valence-electron chi connectivity index (χ4n) is 1.60. The fraction of sp³-hybridized carbons (Fsp3) is 0.0714. The van der Waals surface area contributed by atoms with Gasteiger partial charge in [-0.15, -0.1) is 0 Å². The normalized spacial score (nSPS) is 9.47. The van der Waals surface area contributed by atoms with Crippen LogP contribution in [0.2, 0.25) is 0 Å². The lowest BCUT2D eigenvalue weighted by atomic mass is 10.2. The lowest BCUT2D eigenvalue weighted by Crippen LogP contribution is -1.95. The van der Waals surface area contributed by atoms with Gasteiger partial charge in [0.25, 0.3) is 0 Å². The molecule has 0 unspecified atom stereocenters. The first-order valence-electron chi connectivity index (χ1n) is 5.64. The van der Waals surface area contributed by atoms with Gasteiger partial charge in [0.05, 0.1) is 0 Å². The van der Waals surface area contributed by atoms with E-state index in [2.05, 4.69) is 10.0 Å². The van der Waals surface area contributed by atoms with Crippen molar-refractivity contribution in [1.29, 1.82) is 0 Å². The number of benzene rings is 2. The molecule has 0 aromatic heterocycles. The molecule has 0 radical (unpaired) electrons. The Morgan fingerprint density at radius 1 is 1.21 bits per heavy atom. The maximum atomic E-state index is 10.9. The molecule has 0 spiro atoms. The number of hydrogen-bond donors (Lipinski definition) is 0. The molecule has 0 aliphatic carbocycles. The van der Waals surface area contributed by atoms with Gasteiger partial charge >= 0.3 is 0 Å². The number of carbonyl (C=O) groups excluding carboxylic acids is 1. The van der Waals surface area contributed by atoms with Crippen LogP contribution in [-0.4, -0.2) is 6.29 Å². The van der Waals surface area contributed by atoms with Gasteiger partial charge in [-0.2, -0.15) is 0 Å². The van der Waals surface area contributed by atoms with Crippen molar-refractivity contribution in [2.24, 2.45) is 5.11 Å². The number of carbonyl (C=O) groups is 1. The van der Waals surface area contributed by atoms with E-state index in [0.29, 0.717) is 29.9 Å². The molecule has 0 fully saturated rings. The second kappa shape index (κ2) is 6.23. The zero-order chi connectivity index (χ0) is 13.5. The quantitative estimate of drug-likeness (QED) is 0.349. The molecule has 2 aromatic rings. The molecular formula is C14H11N3O2. The van der Waals surface area contributed by atoms with Crippen LogP contribution in [0.4, 0.5) is 5.69 Å².